The van der Waals surface area contributed by atoms with E-state index >= 15 is 0 Å². The van der Waals surface area contributed by atoms with Gasteiger partial charge in [0.25, 0.3) is 0 Å². The van der Waals surface area contributed by atoms with Crippen molar-refractivity contribution >= 4 is 33.2 Å². The maximum Gasteiger partial charge on any atom is 0.243 e. The van der Waals surface area contributed by atoms with Crippen molar-refractivity contribution in [3.63, 3.8) is 0 Å². The number of benzene rings is 3. The molecule has 0 fully saturated rings. The highest BCUT2D eigenvalue weighted by Gasteiger charge is 2.27. The minimum absolute atomic E-state index is 0.0403. The number of hydrogen-bond donors (Lipinski definition) is 1. The number of nitrogens with one attached hydrogen (secondary N) is 1. The highest BCUT2D eigenvalue weighted by molar-refractivity contribution is 7.89. The topological polar surface area (TPSA) is 75.7 Å². The summed E-state index contributed by atoms with van der Waals surface area (Å²) in [7, 11) is -2.42. The quantitative estimate of drug-likeness (QED) is 0.539. The zero-order chi connectivity index (χ0) is 22.4. The highest BCUT2D eigenvalue weighted by atomic mass is 35.5. The molecule has 0 saturated heterocycles. The Hall–Kier alpha value is -2.87. The van der Waals surface area contributed by atoms with E-state index in [0.29, 0.717) is 22.0 Å². The van der Waals surface area contributed by atoms with Gasteiger partial charge < -0.3 is 10.1 Å². The van der Waals surface area contributed by atoms with Crippen LogP contribution in [0.1, 0.15) is 11.1 Å². The summed E-state index contributed by atoms with van der Waals surface area (Å²) in [5.41, 5.74) is 2.05. The van der Waals surface area contributed by atoms with Crippen LogP contribution >= 0.6 is 11.6 Å². The number of ether oxygens (including phenoxy) is 1. The Morgan fingerprint density at radius 2 is 1.74 bits per heavy atom. The second-order valence-corrected chi connectivity index (χ2v) is 9.30. The molecule has 0 aromatic heterocycles. The molecule has 1 amide bonds. The van der Waals surface area contributed by atoms with Crippen molar-refractivity contribution < 1.29 is 17.9 Å². The molecule has 0 heterocycles. The zero-order valence-corrected chi connectivity index (χ0v) is 18.8. The van der Waals surface area contributed by atoms with Crippen molar-refractivity contribution in [1.29, 1.82) is 0 Å². The van der Waals surface area contributed by atoms with Crippen LogP contribution in [0.15, 0.2) is 77.7 Å². The van der Waals surface area contributed by atoms with E-state index in [-0.39, 0.29) is 18.0 Å². The van der Waals surface area contributed by atoms with Crippen molar-refractivity contribution in [2.24, 2.45) is 0 Å². The fourth-order valence-electron chi connectivity index (χ4n) is 2.96. The molecule has 0 saturated carbocycles. The van der Waals surface area contributed by atoms with Gasteiger partial charge in [-0.1, -0.05) is 53.6 Å². The molecule has 162 valence electrons. The number of hydrogen-bond acceptors (Lipinski definition) is 4. The molecule has 31 heavy (non-hydrogen) atoms. The third-order valence-electron chi connectivity index (χ3n) is 4.64. The fourth-order valence-corrected chi connectivity index (χ4v) is 4.53. The van der Waals surface area contributed by atoms with Crippen LogP contribution in [0.4, 0.5) is 5.69 Å². The number of sulfonamides is 1. The average Bonchev–Trinajstić information content (AvgIpc) is 2.75. The molecule has 3 rings (SSSR count). The van der Waals surface area contributed by atoms with Gasteiger partial charge in [-0.3, -0.25) is 4.79 Å². The molecule has 0 radical (unpaired) electrons. The van der Waals surface area contributed by atoms with Crippen molar-refractivity contribution in [1.82, 2.24) is 4.31 Å². The van der Waals surface area contributed by atoms with Crippen LogP contribution in [0.3, 0.4) is 0 Å². The molecule has 8 heteroatoms. The number of carbonyl (C=O) groups is 1. The molecule has 1 N–H and O–H groups in total. The van der Waals surface area contributed by atoms with Gasteiger partial charge in [0, 0.05) is 23.3 Å². The molecule has 0 atom stereocenters. The fraction of sp³-hybridized carbons (Fsp3) is 0.174. The van der Waals surface area contributed by atoms with Gasteiger partial charge in [0.05, 0.1) is 18.6 Å². The number of rotatable bonds is 8. The summed E-state index contributed by atoms with van der Waals surface area (Å²) in [5.74, 6) is 0.106. The van der Waals surface area contributed by atoms with Gasteiger partial charge in [-0.15, -0.1) is 0 Å². The van der Waals surface area contributed by atoms with Gasteiger partial charge in [0.15, 0.2) is 0 Å². The van der Waals surface area contributed by atoms with E-state index < -0.39 is 15.9 Å². The van der Waals surface area contributed by atoms with E-state index in [1.54, 1.807) is 60.7 Å². The monoisotopic (exact) mass is 458 g/mol. The Kier molecular flexibility index (Phi) is 7.33. The second-order valence-electron chi connectivity index (χ2n) is 6.96. The van der Waals surface area contributed by atoms with E-state index in [1.807, 2.05) is 6.92 Å². The lowest BCUT2D eigenvalue weighted by Gasteiger charge is -2.22. The number of anilines is 1. The van der Waals surface area contributed by atoms with Crippen molar-refractivity contribution in [2.45, 2.75) is 18.4 Å². The molecule has 0 aliphatic carbocycles. The largest absolute Gasteiger partial charge is 0.497 e. The standard InChI is InChI=1S/C23H23ClN2O4S/c1-17-10-12-21(13-11-17)31(28,29)26(15-18-6-3-4-9-22(18)24)16-23(27)25-19-7-5-8-20(14-19)30-2/h3-14H,15-16H2,1-2H3,(H,25,27). The molecule has 3 aromatic rings. The Morgan fingerprint density at radius 1 is 1.03 bits per heavy atom. The van der Waals surface area contributed by atoms with E-state index in [0.717, 1.165) is 9.87 Å². The van der Waals surface area contributed by atoms with E-state index in [4.69, 9.17) is 16.3 Å². The average molecular weight is 459 g/mol. The van der Waals surface area contributed by atoms with Crippen LogP contribution < -0.4 is 10.1 Å². The normalized spacial score (nSPS) is 11.4. The Labute approximate surface area is 187 Å². The van der Waals surface area contributed by atoms with E-state index in [1.165, 1.54) is 19.2 Å². The lowest BCUT2D eigenvalue weighted by Crippen LogP contribution is -2.37. The first-order chi connectivity index (χ1) is 14.8. The number of amides is 1. The minimum Gasteiger partial charge on any atom is -0.497 e. The molecule has 0 bridgehead atoms. The van der Waals surface area contributed by atoms with Crippen molar-refractivity contribution in [3.05, 3.63) is 88.9 Å². The highest BCUT2D eigenvalue weighted by Crippen LogP contribution is 2.23. The first-order valence-corrected chi connectivity index (χ1v) is 11.4. The number of aryl methyl sites for hydroxylation is 1. The van der Waals surface area contributed by atoms with Crippen LogP contribution in [0.5, 0.6) is 5.75 Å². The van der Waals surface area contributed by atoms with E-state index in [2.05, 4.69) is 5.32 Å². The third-order valence-corrected chi connectivity index (χ3v) is 6.81. The summed E-state index contributed by atoms with van der Waals surface area (Å²) >= 11 is 6.25. The maximum atomic E-state index is 13.3. The van der Waals surface area contributed by atoms with Gasteiger partial charge in [0.2, 0.25) is 15.9 Å². The summed E-state index contributed by atoms with van der Waals surface area (Å²) < 4.78 is 32.9. The lowest BCUT2D eigenvalue weighted by atomic mass is 10.2. The zero-order valence-electron chi connectivity index (χ0n) is 17.2. The Balaban J connectivity index is 1.88. The van der Waals surface area contributed by atoms with Crippen LogP contribution in [-0.4, -0.2) is 32.3 Å². The molecular formula is C23H23ClN2O4S. The number of halogens is 1. The smallest absolute Gasteiger partial charge is 0.243 e. The SMILES string of the molecule is COc1cccc(NC(=O)CN(Cc2ccccc2Cl)S(=O)(=O)c2ccc(C)cc2)c1. The van der Waals surface area contributed by atoms with Gasteiger partial charge >= 0.3 is 0 Å². The second kappa shape index (κ2) is 9.96. The first-order valence-electron chi connectivity index (χ1n) is 9.54. The maximum absolute atomic E-state index is 13.3. The third kappa shape index (κ3) is 5.85. The Bertz CT molecular complexity index is 1160. The molecule has 0 spiro atoms. The molecule has 0 unspecified atom stereocenters. The van der Waals surface area contributed by atoms with Crippen molar-refractivity contribution in [3.8, 4) is 5.75 Å². The Morgan fingerprint density at radius 3 is 2.42 bits per heavy atom. The van der Waals surface area contributed by atoms with Crippen LogP contribution in [0.25, 0.3) is 0 Å². The van der Waals surface area contributed by atoms with Crippen LogP contribution in [0.2, 0.25) is 5.02 Å². The number of carbonyl (C=O) groups excluding carboxylic acids is 1. The van der Waals surface area contributed by atoms with Crippen LogP contribution in [0, 0.1) is 6.92 Å². The first kappa shape index (κ1) is 22.8. The summed E-state index contributed by atoms with van der Waals surface area (Å²) in [5, 5.41) is 3.15. The van der Waals surface area contributed by atoms with Gasteiger partial charge in [-0.2, -0.15) is 4.31 Å². The van der Waals surface area contributed by atoms with Crippen molar-refractivity contribution in [2.75, 3.05) is 19.0 Å². The predicted octanol–water partition coefficient (Wildman–Crippen LogP) is 4.49. The molecule has 6 nitrogen and oxygen atoms in total. The van der Waals surface area contributed by atoms with Gasteiger partial charge in [-0.25, -0.2) is 8.42 Å². The summed E-state index contributed by atoms with van der Waals surface area (Å²) in [6.07, 6.45) is 0. The predicted molar refractivity (Wildman–Crippen MR) is 122 cm³/mol. The van der Waals surface area contributed by atoms with Gasteiger partial charge in [-0.05, 0) is 42.8 Å². The lowest BCUT2D eigenvalue weighted by molar-refractivity contribution is -0.116. The molecule has 0 aliphatic rings. The minimum atomic E-state index is -3.94. The summed E-state index contributed by atoms with van der Waals surface area (Å²) in [6.45, 7) is 1.46. The number of methoxy groups -OCH3 is 1. The molecular weight excluding hydrogens is 436 g/mol. The van der Waals surface area contributed by atoms with E-state index in [9.17, 15) is 13.2 Å². The number of nitrogens with zero attached hydrogens (tertiary/aromatic N) is 1. The molecule has 3 aromatic carbocycles. The summed E-state index contributed by atoms with van der Waals surface area (Å²) in [4.78, 5) is 12.8. The summed E-state index contributed by atoms with van der Waals surface area (Å²) in [6, 6.07) is 20.3. The van der Waals surface area contributed by atoms with Gasteiger partial charge in [0.1, 0.15) is 5.75 Å². The van der Waals surface area contributed by atoms with Crippen LogP contribution in [-0.2, 0) is 21.4 Å². The molecule has 0 aliphatic heterocycles.